The molecule has 27 heavy (non-hydrogen) atoms. The van der Waals surface area contributed by atoms with Gasteiger partial charge in [-0.1, -0.05) is 24.3 Å². The molecule has 1 unspecified atom stereocenters. The zero-order chi connectivity index (χ0) is 19.4. The van der Waals surface area contributed by atoms with E-state index in [4.69, 9.17) is 0 Å². The number of aromatic nitrogens is 2. The van der Waals surface area contributed by atoms with Crippen molar-refractivity contribution in [3.8, 4) is 0 Å². The average Bonchev–Trinajstić information content (AvgIpc) is 3.03. The summed E-state index contributed by atoms with van der Waals surface area (Å²) < 4.78 is 37.8. The molecule has 1 amide bonds. The van der Waals surface area contributed by atoms with Crippen molar-refractivity contribution in [2.45, 2.75) is 19.0 Å². The Hall–Kier alpha value is -2.74. The normalized spacial score (nSPS) is 12.8. The van der Waals surface area contributed by atoms with E-state index in [0.717, 1.165) is 22.9 Å². The van der Waals surface area contributed by atoms with Crippen molar-refractivity contribution in [1.82, 2.24) is 14.9 Å². The Balaban J connectivity index is 1.83. The van der Waals surface area contributed by atoms with Gasteiger partial charge >= 0.3 is 0 Å². The molecule has 142 valence electrons. The number of imidazole rings is 1. The minimum absolute atomic E-state index is 0.124. The number of carbonyl (C=O) groups is 1. The maximum atomic E-state index is 13.3. The fraction of sp³-hybridized carbons (Fsp3) is 0.263. The van der Waals surface area contributed by atoms with Crippen LogP contribution >= 0.6 is 0 Å². The SMILES string of the molecule is CS(=O)(=O)CCC(=O)NC(Cn1cnc2ccccc21)c1ccc(F)cc1. The van der Waals surface area contributed by atoms with Gasteiger partial charge in [-0.3, -0.25) is 4.79 Å². The summed E-state index contributed by atoms with van der Waals surface area (Å²) >= 11 is 0. The van der Waals surface area contributed by atoms with Crippen LogP contribution in [0.3, 0.4) is 0 Å². The fourth-order valence-corrected chi connectivity index (χ4v) is 3.38. The highest BCUT2D eigenvalue weighted by atomic mass is 32.2. The second kappa shape index (κ2) is 7.87. The van der Waals surface area contributed by atoms with Crippen molar-refractivity contribution in [3.05, 3.63) is 66.2 Å². The first-order valence-electron chi connectivity index (χ1n) is 8.44. The molecule has 0 spiro atoms. The van der Waals surface area contributed by atoms with Gasteiger partial charge in [0.1, 0.15) is 15.7 Å². The second-order valence-corrected chi connectivity index (χ2v) is 8.70. The first kappa shape index (κ1) is 19.0. The summed E-state index contributed by atoms with van der Waals surface area (Å²) in [5.74, 6) is -0.962. The van der Waals surface area contributed by atoms with Crippen LogP contribution in [0.2, 0.25) is 0 Å². The molecule has 2 aromatic carbocycles. The van der Waals surface area contributed by atoms with Crippen molar-refractivity contribution in [1.29, 1.82) is 0 Å². The summed E-state index contributed by atoms with van der Waals surface area (Å²) in [4.78, 5) is 16.6. The largest absolute Gasteiger partial charge is 0.347 e. The van der Waals surface area contributed by atoms with Crippen molar-refractivity contribution >= 4 is 26.8 Å². The summed E-state index contributed by atoms with van der Waals surface area (Å²) in [6.07, 6.45) is 2.65. The molecule has 3 aromatic rings. The number of para-hydroxylation sites is 2. The molecule has 0 aliphatic heterocycles. The minimum atomic E-state index is -3.23. The Morgan fingerprint density at radius 2 is 1.89 bits per heavy atom. The highest BCUT2D eigenvalue weighted by Crippen LogP contribution is 2.20. The van der Waals surface area contributed by atoms with Crippen LogP contribution in [0.15, 0.2) is 54.9 Å². The van der Waals surface area contributed by atoms with E-state index in [0.29, 0.717) is 6.54 Å². The molecule has 0 bridgehead atoms. The van der Waals surface area contributed by atoms with Gasteiger partial charge in [0.25, 0.3) is 0 Å². The minimum Gasteiger partial charge on any atom is -0.347 e. The van der Waals surface area contributed by atoms with Crippen molar-refractivity contribution in [2.75, 3.05) is 12.0 Å². The zero-order valence-corrected chi connectivity index (χ0v) is 15.6. The summed E-state index contributed by atoms with van der Waals surface area (Å²) in [5, 5.41) is 2.85. The number of benzene rings is 2. The summed E-state index contributed by atoms with van der Waals surface area (Å²) in [6.45, 7) is 0.386. The van der Waals surface area contributed by atoms with Crippen LogP contribution in [-0.2, 0) is 21.2 Å². The second-order valence-electron chi connectivity index (χ2n) is 6.44. The van der Waals surface area contributed by atoms with Gasteiger partial charge in [-0.2, -0.15) is 0 Å². The zero-order valence-electron chi connectivity index (χ0n) is 14.8. The number of hydrogen-bond acceptors (Lipinski definition) is 4. The molecule has 0 radical (unpaired) electrons. The van der Waals surface area contributed by atoms with Crippen LogP contribution in [0.25, 0.3) is 11.0 Å². The standard InChI is InChI=1S/C19H20FN3O3S/c1-27(25,26)11-10-19(24)22-17(14-6-8-15(20)9-7-14)12-23-13-21-16-4-2-3-5-18(16)23/h2-9,13,17H,10-12H2,1H3,(H,22,24). The number of carbonyl (C=O) groups excluding carboxylic acids is 1. The van der Waals surface area contributed by atoms with E-state index >= 15 is 0 Å². The molecule has 0 aliphatic rings. The van der Waals surface area contributed by atoms with E-state index in [-0.39, 0.29) is 23.9 Å². The lowest BCUT2D eigenvalue weighted by atomic mass is 10.1. The van der Waals surface area contributed by atoms with Gasteiger partial charge in [-0.25, -0.2) is 17.8 Å². The van der Waals surface area contributed by atoms with Gasteiger partial charge in [0.2, 0.25) is 5.91 Å². The quantitative estimate of drug-likeness (QED) is 0.673. The first-order valence-corrected chi connectivity index (χ1v) is 10.5. The molecule has 0 fully saturated rings. The molecule has 1 heterocycles. The van der Waals surface area contributed by atoms with Crippen LogP contribution in [0.1, 0.15) is 18.0 Å². The maximum Gasteiger partial charge on any atom is 0.221 e. The van der Waals surface area contributed by atoms with Crippen LogP contribution in [0.5, 0.6) is 0 Å². The highest BCUT2D eigenvalue weighted by molar-refractivity contribution is 7.90. The summed E-state index contributed by atoms with van der Waals surface area (Å²) in [6, 6.07) is 13.0. The Morgan fingerprint density at radius 3 is 2.59 bits per heavy atom. The van der Waals surface area contributed by atoms with Gasteiger partial charge in [0, 0.05) is 19.2 Å². The lowest BCUT2D eigenvalue weighted by molar-refractivity contribution is -0.121. The molecule has 3 rings (SSSR count). The lowest BCUT2D eigenvalue weighted by Crippen LogP contribution is -2.32. The number of sulfone groups is 1. The highest BCUT2D eigenvalue weighted by Gasteiger charge is 2.18. The van der Waals surface area contributed by atoms with E-state index < -0.39 is 15.9 Å². The summed E-state index contributed by atoms with van der Waals surface area (Å²) in [7, 11) is -3.23. The Labute approximate surface area is 157 Å². The molecule has 1 aromatic heterocycles. The first-order chi connectivity index (χ1) is 12.8. The third kappa shape index (κ3) is 5.13. The number of hydrogen-bond donors (Lipinski definition) is 1. The number of fused-ring (bicyclic) bond motifs is 1. The Kier molecular flexibility index (Phi) is 5.55. The third-order valence-electron chi connectivity index (χ3n) is 4.21. The van der Waals surface area contributed by atoms with Crippen LogP contribution in [0, 0.1) is 5.82 Å². The van der Waals surface area contributed by atoms with Gasteiger partial charge < -0.3 is 9.88 Å². The molecule has 0 saturated carbocycles. The predicted octanol–water partition coefficient (Wildman–Crippen LogP) is 2.47. The van der Waals surface area contributed by atoms with E-state index in [2.05, 4.69) is 10.3 Å². The Morgan fingerprint density at radius 1 is 1.19 bits per heavy atom. The van der Waals surface area contributed by atoms with Gasteiger partial charge in [0.15, 0.2) is 0 Å². The van der Waals surface area contributed by atoms with Crippen LogP contribution < -0.4 is 5.32 Å². The molecule has 1 atom stereocenters. The molecular formula is C19H20FN3O3S. The molecule has 0 aliphatic carbocycles. The average molecular weight is 389 g/mol. The van der Waals surface area contributed by atoms with Crippen molar-refractivity contribution in [3.63, 3.8) is 0 Å². The van der Waals surface area contributed by atoms with Crippen molar-refractivity contribution < 1.29 is 17.6 Å². The van der Waals surface area contributed by atoms with E-state index in [1.807, 2.05) is 28.8 Å². The molecule has 6 nitrogen and oxygen atoms in total. The van der Waals surface area contributed by atoms with Crippen molar-refractivity contribution in [2.24, 2.45) is 0 Å². The number of halogens is 1. The topological polar surface area (TPSA) is 81.1 Å². The molecule has 1 N–H and O–H groups in total. The maximum absolute atomic E-state index is 13.3. The fourth-order valence-electron chi connectivity index (χ4n) is 2.83. The monoisotopic (exact) mass is 389 g/mol. The van der Waals surface area contributed by atoms with E-state index in [1.54, 1.807) is 18.5 Å². The van der Waals surface area contributed by atoms with E-state index in [1.165, 1.54) is 12.1 Å². The van der Waals surface area contributed by atoms with Crippen LogP contribution in [0.4, 0.5) is 4.39 Å². The van der Waals surface area contributed by atoms with Gasteiger partial charge in [-0.05, 0) is 29.8 Å². The number of nitrogens with zero attached hydrogens (tertiary/aromatic N) is 2. The molecule has 0 saturated heterocycles. The van der Waals surface area contributed by atoms with Gasteiger partial charge in [-0.15, -0.1) is 0 Å². The van der Waals surface area contributed by atoms with E-state index in [9.17, 15) is 17.6 Å². The Bertz CT molecular complexity index is 1050. The molecular weight excluding hydrogens is 369 g/mol. The lowest BCUT2D eigenvalue weighted by Gasteiger charge is -2.20. The number of amides is 1. The number of rotatable bonds is 7. The molecule has 8 heteroatoms. The van der Waals surface area contributed by atoms with Crippen LogP contribution in [-0.4, -0.2) is 35.9 Å². The predicted molar refractivity (Wildman–Crippen MR) is 101 cm³/mol. The third-order valence-corrected chi connectivity index (χ3v) is 5.16. The number of nitrogens with one attached hydrogen (secondary N) is 1. The smallest absolute Gasteiger partial charge is 0.221 e. The van der Waals surface area contributed by atoms with Gasteiger partial charge in [0.05, 0.1) is 29.2 Å². The summed E-state index contributed by atoms with van der Waals surface area (Å²) in [5.41, 5.74) is 2.47.